The predicted molar refractivity (Wildman–Crippen MR) is 77.6 cm³/mol. The number of nitrogens with one attached hydrogen (secondary N) is 1. The second-order valence-corrected chi connectivity index (χ2v) is 5.70. The van der Waals surface area contributed by atoms with Gasteiger partial charge in [0.1, 0.15) is 11.4 Å². The Balaban J connectivity index is 1.98. The van der Waals surface area contributed by atoms with Crippen molar-refractivity contribution in [3.8, 4) is 0 Å². The molecule has 0 amide bonds. The van der Waals surface area contributed by atoms with Crippen LogP contribution in [0.4, 0.5) is 5.82 Å². The van der Waals surface area contributed by atoms with Crippen LogP contribution in [0.2, 0.25) is 0 Å². The lowest BCUT2D eigenvalue weighted by atomic mass is 10.1. The van der Waals surface area contributed by atoms with Crippen LogP contribution in [0, 0.1) is 5.92 Å². The van der Waals surface area contributed by atoms with Crippen LogP contribution in [0.3, 0.4) is 0 Å². The monoisotopic (exact) mass is 327 g/mol. The van der Waals surface area contributed by atoms with Gasteiger partial charge in [-0.05, 0) is 47.4 Å². The molecule has 0 bridgehead atoms. The number of nitrogens with zero attached hydrogens (tertiary/aromatic N) is 2. The number of aromatic carboxylic acids is 1. The minimum atomic E-state index is -0.960. The average molecular weight is 328 g/mol. The molecule has 1 atom stereocenters. The molecule has 2 rings (SSSR count). The Morgan fingerprint density at radius 2 is 2.47 bits per heavy atom. The van der Waals surface area contributed by atoms with Gasteiger partial charge in [0.2, 0.25) is 0 Å². The Bertz CT molecular complexity index is 467. The fraction of sp³-hybridized carbons (Fsp3) is 0.538. The number of halogens is 1. The molecule has 0 aliphatic carbocycles. The first-order valence-corrected chi connectivity index (χ1v) is 7.24. The molecule has 5 nitrogen and oxygen atoms in total. The SMILES string of the molecule is CCN1CCC(CNc2ncc(Br)cc2C(=O)O)C1. The van der Waals surface area contributed by atoms with Gasteiger partial charge >= 0.3 is 5.97 Å². The highest BCUT2D eigenvalue weighted by atomic mass is 79.9. The first kappa shape index (κ1) is 14.3. The standard InChI is InChI=1S/C13H18BrN3O2/c1-2-17-4-3-9(8-17)6-15-12-11(13(18)19)5-10(14)7-16-12/h5,7,9H,2-4,6,8H2,1H3,(H,15,16)(H,18,19). The zero-order chi connectivity index (χ0) is 13.8. The van der Waals surface area contributed by atoms with Gasteiger partial charge in [-0.2, -0.15) is 0 Å². The molecular weight excluding hydrogens is 310 g/mol. The van der Waals surface area contributed by atoms with E-state index in [2.05, 4.69) is 38.1 Å². The van der Waals surface area contributed by atoms with Crippen LogP contribution in [0.15, 0.2) is 16.7 Å². The van der Waals surface area contributed by atoms with Crippen molar-refractivity contribution >= 4 is 27.7 Å². The Kier molecular flexibility index (Phi) is 4.76. The van der Waals surface area contributed by atoms with Crippen LogP contribution in [0.25, 0.3) is 0 Å². The number of hydrogen-bond donors (Lipinski definition) is 2. The van der Waals surface area contributed by atoms with Crippen LogP contribution in [-0.2, 0) is 0 Å². The van der Waals surface area contributed by atoms with Gasteiger partial charge < -0.3 is 15.3 Å². The molecule has 19 heavy (non-hydrogen) atoms. The molecule has 1 aliphatic rings. The van der Waals surface area contributed by atoms with Crippen LogP contribution in [0.1, 0.15) is 23.7 Å². The van der Waals surface area contributed by atoms with Gasteiger partial charge in [-0.15, -0.1) is 0 Å². The fourth-order valence-electron chi connectivity index (χ4n) is 2.35. The molecule has 1 aromatic rings. The smallest absolute Gasteiger partial charge is 0.339 e. The number of carboxylic acids is 1. The van der Waals surface area contributed by atoms with E-state index >= 15 is 0 Å². The Hall–Kier alpha value is -1.14. The summed E-state index contributed by atoms with van der Waals surface area (Å²) in [5.74, 6) is 0.0515. The number of carbonyl (C=O) groups is 1. The molecule has 0 radical (unpaired) electrons. The van der Waals surface area contributed by atoms with Crippen molar-refractivity contribution in [1.82, 2.24) is 9.88 Å². The summed E-state index contributed by atoms with van der Waals surface area (Å²) in [6.45, 7) is 6.21. The van der Waals surface area contributed by atoms with Gasteiger partial charge in [0, 0.05) is 23.8 Å². The van der Waals surface area contributed by atoms with Gasteiger partial charge in [0.25, 0.3) is 0 Å². The molecule has 2 N–H and O–H groups in total. The van der Waals surface area contributed by atoms with E-state index in [-0.39, 0.29) is 5.56 Å². The molecule has 1 unspecified atom stereocenters. The first-order valence-electron chi connectivity index (χ1n) is 6.45. The normalized spacial score (nSPS) is 19.6. The average Bonchev–Trinajstić information content (AvgIpc) is 2.85. The minimum absolute atomic E-state index is 0.208. The highest BCUT2D eigenvalue weighted by Crippen LogP contribution is 2.20. The second kappa shape index (κ2) is 6.34. The van der Waals surface area contributed by atoms with E-state index in [1.54, 1.807) is 12.3 Å². The first-order chi connectivity index (χ1) is 9.10. The van der Waals surface area contributed by atoms with Crippen molar-refractivity contribution in [2.45, 2.75) is 13.3 Å². The summed E-state index contributed by atoms with van der Waals surface area (Å²) >= 11 is 3.24. The molecule has 6 heteroatoms. The number of likely N-dealkylation sites (tertiary alicyclic amines) is 1. The van der Waals surface area contributed by atoms with E-state index in [0.717, 1.165) is 32.6 Å². The summed E-state index contributed by atoms with van der Waals surface area (Å²) in [4.78, 5) is 17.7. The van der Waals surface area contributed by atoms with Crippen molar-refractivity contribution in [3.05, 3.63) is 22.3 Å². The van der Waals surface area contributed by atoms with Crippen molar-refractivity contribution in [1.29, 1.82) is 0 Å². The van der Waals surface area contributed by atoms with Crippen molar-refractivity contribution in [2.75, 3.05) is 31.5 Å². The van der Waals surface area contributed by atoms with Crippen molar-refractivity contribution < 1.29 is 9.90 Å². The second-order valence-electron chi connectivity index (χ2n) is 4.78. The van der Waals surface area contributed by atoms with E-state index in [1.807, 2.05) is 0 Å². The maximum atomic E-state index is 11.2. The van der Waals surface area contributed by atoms with Crippen LogP contribution in [0.5, 0.6) is 0 Å². The van der Waals surface area contributed by atoms with E-state index in [9.17, 15) is 4.79 Å². The number of hydrogen-bond acceptors (Lipinski definition) is 4. The number of anilines is 1. The van der Waals surface area contributed by atoms with Gasteiger partial charge in [-0.1, -0.05) is 6.92 Å². The summed E-state index contributed by atoms with van der Waals surface area (Å²) in [5.41, 5.74) is 0.208. The molecule has 104 valence electrons. The van der Waals surface area contributed by atoms with Crippen LogP contribution in [-0.4, -0.2) is 47.1 Å². The Morgan fingerprint density at radius 1 is 1.68 bits per heavy atom. The molecule has 0 saturated carbocycles. The summed E-state index contributed by atoms with van der Waals surface area (Å²) in [7, 11) is 0. The topological polar surface area (TPSA) is 65.5 Å². The maximum absolute atomic E-state index is 11.2. The van der Waals surface area contributed by atoms with Gasteiger partial charge in [0.15, 0.2) is 0 Å². The number of rotatable bonds is 5. The number of carboxylic acid groups (broad SMARTS) is 1. The molecule has 1 saturated heterocycles. The quantitative estimate of drug-likeness (QED) is 0.868. The predicted octanol–water partition coefficient (Wildman–Crippen LogP) is 2.30. The molecule has 2 heterocycles. The lowest BCUT2D eigenvalue weighted by molar-refractivity contribution is 0.0697. The lowest BCUT2D eigenvalue weighted by Crippen LogP contribution is -2.23. The minimum Gasteiger partial charge on any atom is -0.478 e. The van der Waals surface area contributed by atoms with Gasteiger partial charge in [-0.25, -0.2) is 9.78 Å². The molecule has 0 spiro atoms. The third kappa shape index (κ3) is 3.67. The Labute approximate surface area is 121 Å². The van der Waals surface area contributed by atoms with Crippen LogP contribution >= 0.6 is 15.9 Å². The molecular formula is C13H18BrN3O2. The molecule has 1 aliphatic heterocycles. The van der Waals surface area contributed by atoms with E-state index in [1.165, 1.54) is 0 Å². The summed E-state index contributed by atoms with van der Waals surface area (Å²) < 4.78 is 0.675. The highest BCUT2D eigenvalue weighted by Gasteiger charge is 2.21. The molecule has 1 fully saturated rings. The van der Waals surface area contributed by atoms with Crippen molar-refractivity contribution in [3.63, 3.8) is 0 Å². The fourth-order valence-corrected chi connectivity index (χ4v) is 2.68. The van der Waals surface area contributed by atoms with E-state index < -0.39 is 5.97 Å². The zero-order valence-electron chi connectivity index (χ0n) is 10.9. The van der Waals surface area contributed by atoms with Gasteiger partial charge in [0.05, 0.1) is 0 Å². The maximum Gasteiger partial charge on any atom is 0.339 e. The summed E-state index contributed by atoms with van der Waals surface area (Å²) in [5, 5.41) is 12.3. The molecule has 1 aromatic heterocycles. The summed E-state index contributed by atoms with van der Waals surface area (Å²) in [6, 6.07) is 1.57. The third-order valence-electron chi connectivity index (χ3n) is 3.46. The lowest BCUT2D eigenvalue weighted by Gasteiger charge is -2.15. The Morgan fingerprint density at radius 3 is 3.11 bits per heavy atom. The van der Waals surface area contributed by atoms with Crippen LogP contribution < -0.4 is 5.32 Å². The van der Waals surface area contributed by atoms with E-state index in [4.69, 9.17) is 5.11 Å². The molecule has 0 aromatic carbocycles. The third-order valence-corrected chi connectivity index (χ3v) is 3.89. The van der Waals surface area contributed by atoms with E-state index in [0.29, 0.717) is 16.2 Å². The summed E-state index contributed by atoms with van der Waals surface area (Å²) in [6.07, 6.45) is 2.77. The van der Waals surface area contributed by atoms with Crippen molar-refractivity contribution in [2.24, 2.45) is 5.92 Å². The highest BCUT2D eigenvalue weighted by molar-refractivity contribution is 9.10. The number of pyridine rings is 1. The number of aromatic nitrogens is 1. The zero-order valence-corrected chi connectivity index (χ0v) is 12.5. The van der Waals surface area contributed by atoms with Gasteiger partial charge in [-0.3, -0.25) is 0 Å². The largest absolute Gasteiger partial charge is 0.478 e.